The number of ether oxygens (including phenoxy) is 1. The lowest BCUT2D eigenvalue weighted by Gasteiger charge is -2.24. The molecule has 0 aromatic rings. The largest absolute Gasteiger partial charge is 0.480 e. The summed E-state index contributed by atoms with van der Waals surface area (Å²) in [5.74, 6) is -1.14. The molecule has 1 aliphatic heterocycles. The third-order valence-electron chi connectivity index (χ3n) is 2.72. The Labute approximate surface area is 101 Å². The summed E-state index contributed by atoms with van der Waals surface area (Å²) in [6.07, 6.45) is 0.785. The average molecular weight is 244 g/mol. The maximum atomic E-state index is 11.9. The van der Waals surface area contributed by atoms with Gasteiger partial charge in [-0.05, 0) is 12.3 Å². The number of urea groups is 1. The van der Waals surface area contributed by atoms with Crippen LogP contribution in [0.2, 0.25) is 0 Å². The Hall–Kier alpha value is -1.30. The fourth-order valence-electron chi connectivity index (χ4n) is 1.69. The Morgan fingerprint density at radius 3 is 2.59 bits per heavy atom. The number of nitrogens with one attached hydrogen (secondary N) is 1. The van der Waals surface area contributed by atoms with Crippen molar-refractivity contribution in [2.75, 3.05) is 26.3 Å². The zero-order valence-electron chi connectivity index (χ0n) is 10.3. The highest BCUT2D eigenvalue weighted by molar-refractivity contribution is 5.82. The number of carbonyl (C=O) groups excluding carboxylic acids is 1. The molecule has 1 heterocycles. The molecule has 0 aromatic carbocycles. The molecule has 1 aliphatic rings. The van der Waals surface area contributed by atoms with E-state index in [0.717, 1.165) is 6.42 Å². The van der Waals surface area contributed by atoms with Crippen LogP contribution in [0, 0.1) is 5.92 Å². The fourth-order valence-corrected chi connectivity index (χ4v) is 1.69. The summed E-state index contributed by atoms with van der Waals surface area (Å²) in [6, 6.07) is -1.16. The van der Waals surface area contributed by atoms with Gasteiger partial charge in [-0.2, -0.15) is 0 Å². The molecule has 6 nitrogen and oxygen atoms in total. The molecular weight excluding hydrogens is 224 g/mol. The summed E-state index contributed by atoms with van der Waals surface area (Å²) in [6.45, 7) is 5.81. The summed E-state index contributed by atoms with van der Waals surface area (Å²) < 4.78 is 5.24. The average Bonchev–Trinajstić information content (AvgIpc) is 2.52. The highest BCUT2D eigenvalue weighted by Crippen LogP contribution is 2.05. The maximum Gasteiger partial charge on any atom is 0.326 e. The second-order valence-corrected chi connectivity index (χ2v) is 4.46. The summed E-state index contributed by atoms with van der Waals surface area (Å²) in [5.41, 5.74) is 0. The number of hydrogen-bond acceptors (Lipinski definition) is 3. The third kappa shape index (κ3) is 4.22. The molecule has 0 radical (unpaired) electrons. The van der Waals surface area contributed by atoms with E-state index in [0.29, 0.717) is 26.3 Å². The van der Waals surface area contributed by atoms with Gasteiger partial charge in [0.25, 0.3) is 0 Å². The van der Waals surface area contributed by atoms with Crippen molar-refractivity contribution < 1.29 is 19.4 Å². The van der Waals surface area contributed by atoms with Crippen LogP contribution in [0.25, 0.3) is 0 Å². The molecular formula is C11H20N2O4. The summed E-state index contributed by atoms with van der Waals surface area (Å²) in [4.78, 5) is 24.4. The number of aliphatic carboxylic acids is 1. The zero-order chi connectivity index (χ0) is 12.8. The summed E-state index contributed by atoms with van der Waals surface area (Å²) in [5, 5.41) is 11.5. The molecule has 0 spiro atoms. The second kappa shape index (κ2) is 6.44. The molecule has 1 rings (SSSR count). The van der Waals surface area contributed by atoms with Crippen molar-refractivity contribution in [3.63, 3.8) is 0 Å². The second-order valence-electron chi connectivity index (χ2n) is 4.46. The van der Waals surface area contributed by atoms with Gasteiger partial charge in [-0.15, -0.1) is 0 Å². The Bertz CT molecular complexity index is 273. The molecule has 1 atom stereocenters. The minimum atomic E-state index is -1.00. The van der Waals surface area contributed by atoms with Crippen molar-refractivity contribution in [2.45, 2.75) is 26.3 Å². The predicted molar refractivity (Wildman–Crippen MR) is 61.8 cm³/mol. The Kier molecular flexibility index (Phi) is 5.21. The monoisotopic (exact) mass is 244 g/mol. The molecule has 1 unspecified atom stereocenters. The smallest absolute Gasteiger partial charge is 0.326 e. The van der Waals surface area contributed by atoms with E-state index in [-0.39, 0.29) is 11.9 Å². The lowest BCUT2D eigenvalue weighted by atomic mass is 10.1. The topological polar surface area (TPSA) is 78.9 Å². The van der Waals surface area contributed by atoms with Gasteiger partial charge in [-0.3, -0.25) is 0 Å². The first-order valence-corrected chi connectivity index (χ1v) is 5.88. The number of carbonyl (C=O) groups is 2. The van der Waals surface area contributed by atoms with Gasteiger partial charge in [0.1, 0.15) is 6.04 Å². The van der Waals surface area contributed by atoms with E-state index < -0.39 is 12.0 Å². The van der Waals surface area contributed by atoms with Crippen LogP contribution < -0.4 is 5.32 Å². The van der Waals surface area contributed by atoms with Gasteiger partial charge in [0, 0.05) is 19.7 Å². The standard InChI is InChI=1S/C11H20N2O4/c1-8(2)9(10(14)15)12-11(16)13-4-3-6-17-7-5-13/h8-9H,3-7H2,1-2H3,(H,12,16)(H,14,15). The molecule has 0 saturated carbocycles. The zero-order valence-corrected chi connectivity index (χ0v) is 10.3. The molecule has 6 heteroatoms. The quantitative estimate of drug-likeness (QED) is 0.759. The van der Waals surface area contributed by atoms with Gasteiger partial charge in [0.15, 0.2) is 0 Å². The lowest BCUT2D eigenvalue weighted by Crippen LogP contribution is -2.50. The Balaban J connectivity index is 2.53. The summed E-state index contributed by atoms with van der Waals surface area (Å²) >= 11 is 0. The van der Waals surface area contributed by atoms with E-state index >= 15 is 0 Å². The normalized spacial score (nSPS) is 18.6. The molecule has 98 valence electrons. The Morgan fingerprint density at radius 1 is 1.29 bits per heavy atom. The number of amides is 2. The van der Waals surface area contributed by atoms with Crippen molar-refractivity contribution >= 4 is 12.0 Å². The highest BCUT2D eigenvalue weighted by Gasteiger charge is 2.26. The fraction of sp³-hybridized carbons (Fsp3) is 0.818. The third-order valence-corrected chi connectivity index (χ3v) is 2.72. The van der Waals surface area contributed by atoms with Gasteiger partial charge < -0.3 is 20.1 Å². The van der Waals surface area contributed by atoms with Crippen LogP contribution in [0.5, 0.6) is 0 Å². The molecule has 0 aromatic heterocycles. The van der Waals surface area contributed by atoms with Gasteiger partial charge in [-0.25, -0.2) is 9.59 Å². The molecule has 2 amide bonds. The highest BCUT2D eigenvalue weighted by atomic mass is 16.5. The van der Waals surface area contributed by atoms with E-state index in [1.54, 1.807) is 18.7 Å². The number of carboxylic acids is 1. The van der Waals surface area contributed by atoms with Crippen molar-refractivity contribution in [3.8, 4) is 0 Å². The van der Waals surface area contributed by atoms with Crippen LogP contribution >= 0.6 is 0 Å². The number of hydrogen-bond donors (Lipinski definition) is 2. The van der Waals surface area contributed by atoms with Gasteiger partial charge in [0.05, 0.1) is 6.61 Å². The van der Waals surface area contributed by atoms with Gasteiger partial charge in [-0.1, -0.05) is 13.8 Å². The molecule has 2 N–H and O–H groups in total. The predicted octanol–water partition coefficient (Wildman–Crippen LogP) is 0.527. The van der Waals surface area contributed by atoms with E-state index in [1.807, 2.05) is 0 Å². The van der Waals surface area contributed by atoms with Crippen molar-refractivity contribution in [1.82, 2.24) is 10.2 Å². The van der Waals surface area contributed by atoms with Crippen LogP contribution in [-0.4, -0.2) is 54.4 Å². The van der Waals surface area contributed by atoms with Crippen molar-refractivity contribution in [2.24, 2.45) is 5.92 Å². The first-order chi connectivity index (χ1) is 8.02. The minimum absolute atomic E-state index is 0.139. The van der Waals surface area contributed by atoms with Crippen LogP contribution in [-0.2, 0) is 9.53 Å². The first-order valence-electron chi connectivity index (χ1n) is 5.88. The van der Waals surface area contributed by atoms with Crippen LogP contribution in [0.4, 0.5) is 4.79 Å². The number of carboxylic acid groups (broad SMARTS) is 1. The van der Waals surface area contributed by atoms with Gasteiger partial charge >= 0.3 is 12.0 Å². The molecule has 1 fully saturated rings. The molecule has 1 saturated heterocycles. The minimum Gasteiger partial charge on any atom is -0.480 e. The van der Waals surface area contributed by atoms with Gasteiger partial charge in [0.2, 0.25) is 0 Å². The van der Waals surface area contributed by atoms with Crippen LogP contribution in [0.15, 0.2) is 0 Å². The Morgan fingerprint density at radius 2 is 2.00 bits per heavy atom. The number of nitrogens with zero attached hydrogens (tertiary/aromatic N) is 1. The van der Waals surface area contributed by atoms with E-state index in [4.69, 9.17) is 9.84 Å². The SMILES string of the molecule is CC(C)C(NC(=O)N1CCCOCC1)C(=O)O. The van der Waals surface area contributed by atoms with Crippen LogP contribution in [0.3, 0.4) is 0 Å². The first kappa shape index (κ1) is 13.8. The van der Waals surface area contributed by atoms with Crippen molar-refractivity contribution in [3.05, 3.63) is 0 Å². The molecule has 17 heavy (non-hydrogen) atoms. The van der Waals surface area contributed by atoms with E-state index in [9.17, 15) is 9.59 Å². The van der Waals surface area contributed by atoms with Crippen LogP contribution in [0.1, 0.15) is 20.3 Å². The van der Waals surface area contributed by atoms with E-state index in [2.05, 4.69) is 5.32 Å². The number of rotatable bonds is 3. The summed E-state index contributed by atoms with van der Waals surface area (Å²) in [7, 11) is 0. The molecule has 0 bridgehead atoms. The van der Waals surface area contributed by atoms with E-state index in [1.165, 1.54) is 0 Å². The maximum absolute atomic E-state index is 11.9. The van der Waals surface area contributed by atoms with Crippen molar-refractivity contribution in [1.29, 1.82) is 0 Å². The molecule has 0 aliphatic carbocycles. The lowest BCUT2D eigenvalue weighted by molar-refractivity contribution is -0.140.